The van der Waals surface area contributed by atoms with Crippen molar-refractivity contribution in [2.75, 3.05) is 20.7 Å². The molecule has 0 unspecified atom stereocenters. The minimum absolute atomic E-state index is 0.129. The SMILES string of the molecule is COc1cc(C(=O)N(C)CC(N)=S)ccc1C. The van der Waals surface area contributed by atoms with Crippen LogP contribution in [-0.2, 0) is 0 Å². The Kier molecular flexibility index (Phi) is 4.45. The number of carbonyl (C=O) groups excluding carboxylic acids is 1. The normalized spacial score (nSPS) is 9.82. The first kappa shape index (κ1) is 13.4. The van der Waals surface area contributed by atoms with Crippen molar-refractivity contribution in [3.63, 3.8) is 0 Å². The first-order valence-corrected chi connectivity index (χ1v) is 5.55. The van der Waals surface area contributed by atoms with Crippen molar-refractivity contribution >= 4 is 23.1 Å². The zero-order valence-electron chi connectivity index (χ0n) is 10.2. The molecule has 17 heavy (non-hydrogen) atoms. The van der Waals surface area contributed by atoms with E-state index in [1.807, 2.05) is 13.0 Å². The monoisotopic (exact) mass is 252 g/mol. The molecule has 4 nitrogen and oxygen atoms in total. The molecule has 0 aliphatic rings. The quantitative estimate of drug-likeness (QED) is 0.822. The van der Waals surface area contributed by atoms with E-state index < -0.39 is 0 Å². The van der Waals surface area contributed by atoms with Gasteiger partial charge in [-0.25, -0.2) is 0 Å². The van der Waals surface area contributed by atoms with Crippen LogP contribution in [0.15, 0.2) is 18.2 Å². The lowest BCUT2D eigenvalue weighted by Crippen LogP contribution is -2.34. The van der Waals surface area contributed by atoms with Crippen LogP contribution in [0.2, 0.25) is 0 Å². The van der Waals surface area contributed by atoms with Gasteiger partial charge in [-0.15, -0.1) is 0 Å². The van der Waals surface area contributed by atoms with Crippen molar-refractivity contribution in [3.05, 3.63) is 29.3 Å². The summed E-state index contributed by atoms with van der Waals surface area (Å²) in [5.41, 5.74) is 6.95. The molecule has 0 saturated heterocycles. The highest BCUT2D eigenvalue weighted by atomic mass is 32.1. The average molecular weight is 252 g/mol. The Labute approximate surface area is 106 Å². The standard InChI is InChI=1S/C12H16N2O2S/c1-8-4-5-9(6-10(8)16-3)12(15)14(2)7-11(13)17/h4-6H,7H2,1-3H3,(H2,13,17). The van der Waals surface area contributed by atoms with E-state index in [9.17, 15) is 4.79 Å². The van der Waals surface area contributed by atoms with E-state index in [-0.39, 0.29) is 12.5 Å². The van der Waals surface area contributed by atoms with Crippen LogP contribution >= 0.6 is 12.2 Å². The summed E-state index contributed by atoms with van der Waals surface area (Å²) in [7, 11) is 3.24. The fourth-order valence-electron chi connectivity index (χ4n) is 1.48. The maximum atomic E-state index is 12.0. The molecule has 2 N–H and O–H groups in total. The highest BCUT2D eigenvalue weighted by Gasteiger charge is 2.13. The van der Waals surface area contributed by atoms with Crippen molar-refractivity contribution in [1.29, 1.82) is 0 Å². The van der Waals surface area contributed by atoms with E-state index in [0.717, 1.165) is 5.56 Å². The molecule has 1 aromatic rings. The van der Waals surface area contributed by atoms with Crippen LogP contribution in [0, 0.1) is 6.92 Å². The Bertz CT molecular complexity index is 446. The van der Waals surface area contributed by atoms with E-state index >= 15 is 0 Å². The molecule has 0 bridgehead atoms. The topological polar surface area (TPSA) is 55.6 Å². The van der Waals surface area contributed by atoms with Gasteiger partial charge in [-0.2, -0.15) is 0 Å². The molecule has 0 radical (unpaired) electrons. The summed E-state index contributed by atoms with van der Waals surface area (Å²) < 4.78 is 5.18. The smallest absolute Gasteiger partial charge is 0.254 e. The number of aryl methyl sites for hydroxylation is 1. The second-order valence-electron chi connectivity index (χ2n) is 3.81. The molecular weight excluding hydrogens is 236 g/mol. The minimum atomic E-state index is -0.129. The van der Waals surface area contributed by atoms with Gasteiger partial charge in [0.15, 0.2) is 0 Å². The third-order valence-corrected chi connectivity index (χ3v) is 2.52. The number of likely N-dealkylation sites (N-methyl/N-ethyl adjacent to an activating group) is 1. The van der Waals surface area contributed by atoms with Gasteiger partial charge in [0.05, 0.1) is 18.6 Å². The molecule has 5 heteroatoms. The maximum Gasteiger partial charge on any atom is 0.254 e. The third kappa shape index (κ3) is 3.42. The van der Waals surface area contributed by atoms with Gasteiger partial charge in [0.1, 0.15) is 5.75 Å². The number of carbonyl (C=O) groups is 1. The molecule has 0 atom stereocenters. The second kappa shape index (κ2) is 5.63. The molecule has 0 aliphatic heterocycles. The average Bonchev–Trinajstić information content (AvgIpc) is 2.27. The first-order chi connectivity index (χ1) is 7.95. The first-order valence-electron chi connectivity index (χ1n) is 5.14. The number of thiocarbonyl (C=S) groups is 1. The van der Waals surface area contributed by atoms with Crippen LogP contribution in [0.3, 0.4) is 0 Å². The number of hydrogen-bond acceptors (Lipinski definition) is 3. The van der Waals surface area contributed by atoms with Gasteiger partial charge in [0, 0.05) is 12.6 Å². The molecular formula is C12H16N2O2S. The summed E-state index contributed by atoms with van der Waals surface area (Å²) in [6.45, 7) is 2.19. The molecule has 92 valence electrons. The fraction of sp³-hybridized carbons (Fsp3) is 0.333. The van der Waals surface area contributed by atoms with Gasteiger partial charge in [0.2, 0.25) is 0 Å². The van der Waals surface area contributed by atoms with Crippen molar-refractivity contribution in [3.8, 4) is 5.75 Å². The van der Waals surface area contributed by atoms with E-state index in [2.05, 4.69) is 0 Å². The largest absolute Gasteiger partial charge is 0.496 e. The van der Waals surface area contributed by atoms with Crippen LogP contribution in [0.25, 0.3) is 0 Å². The molecule has 1 amide bonds. The van der Waals surface area contributed by atoms with E-state index in [0.29, 0.717) is 16.3 Å². The number of rotatable bonds is 4. The number of nitrogens with two attached hydrogens (primary N) is 1. The zero-order valence-corrected chi connectivity index (χ0v) is 11.0. The summed E-state index contributed by atoms with van der Waals surface area (Å²) in [6, 6.07) is 5.32. The molecule has 1 rings (SSSR count). The van der Waals surface area contributed by atoms with Crippen molar-refractivity contribution in [2.45, 2.75) is 6.92 Å². The van der Waals surface area contributed by atoms with Gasteiger partial charge >= 0.3 is 0 Å². The van der Waals surface area contributed by atoms with E-state index in [4.69, 9.17) is 22.7 Å². The van der Waals surface area contributed by atoms with Crippen LogP contribution in [0.1, 0.15) is 15.9 Å². The Balaban J connectivity index is 2.92. The highest BCUT2D eigenvalue weighted by Crippen LogP contribution is 2.19. The Morgan fingerprint density at radius 1 is 1.53 bits per heavy atom. The summed E-state index contributed by atoms with van der Waals surface area (Å²) in [6.07, 6.45) is 0. The van der Waals surface area contributed by atoms with Gasteiger partial charge in [-0.1, -0.05) is 18.3 Å². The summed E-state index contributed by atoms with van der Waals surface area (Å²) in [4.78, 5) is 13.8. The predicted octanol–water partition coefficient (Wildman–Crippen LogP) is 1.36. The van der Waals surface area contributed by atoms with Gasteiger partial charge in [-0.3, -0.25) is 4.79 Å². The third-order valence-electron chi connectivity index (χ3n) is 2.39. The molecule has 0 heterocycles. The van der Waals surface area contributed by atoms with Gasteiger partial charge in [-0.05, 0) is 24.6 Å². The summed E-state index contributed by atoms with van der Waals surface area (Å²) >= 11 is 4.77. The van der Waals surface area contributed by atoms with Gasteiger partial charge < -0.3 is 15.4 Å². The number of ether oxygens (including phenoxy) is 1. The van der Waals surface area contributed by atoms with Crippen LogP contribution in [0.5, 0.6) is 5.75 Å². The van der Waals surface area contributed by atoms with Crippen molar-refractivity contribution in [1.82, 2.24) is 4.90 Å². The molecule has 1 aromatic carbocycles. The molecule has 0 saturated carbocycles. The minimum Gasteiger partial charge on any atom is -0.496 e. The van der Waals surface area contributed by atoms with Crippen LogP contribution in [0.4, 0.5) is 0 Å². The number of methoxy groups -OCH3 is 1. The lowest BCUT2D eigenvalue weighted by atomic mass is 10.1. The number of hydrogen-bond donors (Lipinski definition) is 1. The summed E-state index contributed by atoms with van der Waals surface area (Å²) in [5.74, 6) is 0.565. The Morgan fingerprint density at radius 3 is 2.71 bits per heavy atom. The zero-order chi connectivity index (χ0) is 13.0. The van der Waals surface area contributed by atoms with Gasteiger partial charge in [0.25, 0.3) is 5.91 Å². The lowest BCUT2D eigenvalue weighted by Gasteiger charge is -2.17. The van der Waals surface area contributed by atoms with E-state index in [1.165, 1.54) is 4.90 Å². The van der Waals surface area contributed by atoms with Crippen LogP contribution in [-0.4, -0.2) is 36.5 Å². The molecule has 0 aliphatic carbocycles. The van der Waals surface area contributed by atoms with E-state index in [1.54, 1.807) is 26.3 Å². The number of benzene rings is 1. The lowest BCUT2D eigenvalue weighted by molar-refractivity contribution is 0.0815. The number of nitrogens with zero attached hydrogens (tertiary/aromatic N) is 1. The highest BCUT2D eigenvalue weighted by molar-refractivity contribution is 7.80. The number of amides is 1. The second-order valence-corrected chi connectivity index (χ2v) is 4.34. The maximum absolute atomic E-state index is 12.0. The van der Waals surface area contributed by atoms with Crippen molar-refractivity contribution < 1.29 is 9.53 Å². The summed E-state index contributed by atoms with van der Waals surface area (Å²) in [5, 5.41) is 0. The van der Waals surface area contributed by atoms with Crippen molar-refractivity contribution in [2.24, 2.45) is 5.73 Å². The molecule has 0 aromatic heterocycles. The predicted molar refractivity (Wildman–Crippen MR) is 71.5 cm³/mol. The Hall–Kier alpha value is -1.62. The van der Waals surface area contributed by atoms with Crippen LogP contribution < -0.4 is 10.5 Å². The molecule has 0 spiro atoms. The Morgan fingerprint density at radius 2 is 2.18 bits per heavy atom. The molecule has 0 fully saturated rings. The fourth-order valence-corrected chi connectivity index (χ4v) is 1.67.